The van der Waals surface area contributed by atoms with Crippen LogP contribution < -0.4 is 0 Å². The van der Waals surface area contributed by atoms with E-state index in [1.54, 1.807) is 45.3 Å². The molecule has 0 unspecified atom stereocenters. The predicted octanol–water partition coefficient (Wildman–Crippen LogP) is 12.3. The molecule has 0 aliphatic carbocycles. The van der Waals surface area contributed by atoms with E-state index in [4.69, 9.17) is 9.47 Å². The van der Waals surface area contributed by atoms with Crippen LogP contribution in [-0.4, -0.2) is 25.2 Å². The van der Waals surface area contributed by atoms with E-state index >= 15 is 0 Å². The van der Waals surface area contributed by atoms with Gasteiger partial charge in [-0.1, -0.05) is 26.7 Å². The second-order valence-corrected chi connectivity index (χ2v) is 16.5. The quantitative estimate of drug-likeness (QED) is 0.0892. The normalized spacial score (nSPS) is 11.2. The Bertz CT molecular complexity index is 1720. The summed E-state index contributed by atoms with van der Waals surface area (Å²) in [6.45, 7) is 5.11. The van der Waals surface area contributed by atoms with Gasteiger partial charge in [-0.2, -0.15) is 0 Å². The molecule has 0 bridgehead atoms. The summed E-state index contributed by atoms with van der Waals surface area (Å²) in [5, 5.41) is 0. The van der Waals surface area contributed by atoms with E-state index < -0.39 is 0 Å². The smallest absolute Gasteiger partial charge is 0.348 e. The first-order valence-electron chi connectivity index (χ1n) is 14.5. The molecule has 0 aliphatic heterocycles. The van der Waals surface area contributed by atoms with Crippen molar-refractivity contribution >= 4 is 80.0 Å². The van der Waals surface area contributed by atoms with Crippen LogP contribution in [0.15, 0.2) is 72.8 Å². The molecule has 6 aromatic rings. The Morgan fingerprint density at radius 3 is 0.955 bits per heavy atom. The van der Waals surface area contributed by atoms with Crippen LogP contribution in [0.4, 0.5) is 0 Å². The van der Waals surface area contributed by atoms with E-state index in [0.29, 0.717) is 23.0 Å². The molecule has 0 saturated carbocycles. The summed E-state index contributed by atoms with van der Waals surface area (Å²) >= 11 is 10.1. The molecule has 0 spiro atoms. The third-order valence-corrected chi connectivity index (χ3v) is 14.2. The van der Waals surface area contributed by atoms with Gasteiger partial charge in [0.05, 0.1) is 13.2 Å². The second-order valence-electron chi connectivity index (χ2n) is 9.96. The topological polar surface area (TPSA) is 52.6 Å². The monoisotopic (exact) mass is 694 g/mol. The van der Waals surface area contributed by atoms with E-state index in [1.165, 1.54) is 51.9 Å². The Morgan fingerprint density at radius 2 is 0.682 bits per heavy atom. The fourth-order valence-electron chi connectivity index (χ4n) is 4.33. The lowest BCUT2D eigenvalue weighted by molar-refractivity contribution is 0.0496. The lowest BCUT2D eigenvalue weighted by Gasteiger charge is -2.00. The fourth-order valence-corrected chi connectivity index (χ4v) is 10.6. The predicted molar refractivity (Wildman–Crippen MR) is 191 cm³/mol. The van der Waals surface area contributed by atoms with Gasteiger partial charge in [-0.25, -0.2) is 9.59 Å². The van der Waals surface area contributed by atoms with Crippen molar-refractivity contribution in [1.29, 1.82) is 0 Å². The van der Waals surface area contributed by atoms with Crippen molar-refractivity contribution < 1.29 is 19.1 Å². The minimum Gasteiger partial charge on any atom is -0.462 e. The number of hydrogen-bond donors (Lipinski definition) is 0. The highest BCUT2D eigenvalue weighted by Crippen LogP contribution is 2.46. The van der Waals surface area contributed by atoms with E-state index in [0.717, 1.165) is 45.2 Å². The zero-order chi connectivity index (χ0) is 30.5. The number of carbonyl (C=O) groups excluding carboxylic acids is 2. The largest absolute Gasteiger partial charge is 0.462 e. The summed E-state index contributed by atoms with van der Waals surface area (Å²) in [4.78, 5) is 37.9. The van der Waals surface area contributed by atoms with Crippen LogP contribution in [0.1, 0.15) is 58.9 Å². The highest BCUT2D eigenvalue weighted by Gasteiger charge is 2.17. The highest BCUT2D eigenvalue weighted by molar-refractivity contribution is 7.30. The van der Waals surface area contributed by atoms with Crippen molar-refractivity contribution in [2.45, 2.75) is 39.5 Å². The number of carbonyl (C=O) groups is 2. The van der Waals surface area contributed by atoms with Gasteiger partial charge >= 0.3 is 11.9 Å². The minimum atomic E-state index is -0.233. The Hall–Kier alpha value is -2.86. The molecule has 0 aromatic carbocycles. The van der Waals surface area contributed by atoms with Crippen molar-refractivity contribution in [1.82, 2.24) is 0 Å². The SMILES string of the molecule is CCCCOC(=O)c1ccc(-c2ccc(-c3ccc(-c4ccc(-c5ccc(-c6ccc(C(=O)OCCCC)s6)s5)s4)s3)s2)s1. The molecule has 226 valence electrons. The van der Waals surface area contributed by atoms with Gasteiger partial charge < -0.3 is 9.47 Å². The lowest BCUT2D eigenvalue weighted by atomic mass is 10.3. The molecule has 6 heterocycles. The van der Waals surface area contributed by atoms with Crippen molar-refractivity contribution in [2.24, 2.45) is 0 Å². The van der Waals surface area contributed by atoms with Crippen molar-refractivity contribution in [3.8, 4) is 48.8 Å². The first-order chi connectivity index (χ1) is 21.5. The van der Waals surface area contributed by atoms with Gasteiger partial charge in [-0.15, -0.1) is 68.0 Å². The summed E-state index contributed by atoms with van der Waals surface area (Å²) in [6, 6.07) is 25.2. The van der Waals surface area contributed by atoms with E-state index in [2.05, 4.69) is 62.4 Å². The molecule has 0 radical (unpaired) electrons. The number of unbranched alkanes of at least 4 members (excludes halogenated alkanes) is 2. The third kappa shape index (κ3) is 7.17. The molecule has 10 heteroatoms. The Balaban J connectivity index is 1.11. The standard InChI is InChI=1S/C34H30O4S6/c1-3-5-19-37-33(35)31-17-15-29(43-31)27-13-11-25(41-27)23-9-7-21(39-23)22-8-10-24(40-22)26-12-14-28(42-26)30-16-18-32(44-30)34(36)38-20-6-4-2/h7-18H,3-6,19-20H2,1-2H3. The van der Waals surface area contributed by atoms with Crippen molar-refractivity contribution in [3.05, 3.63) is 82.6 Å². The molecule has 6 rings (SSSR count). The van der Waals surface area contributed by atoms with Crippen LogP contribution in [0.25, 0.3) is 48.8 Å². The lowest BCUT2D eigenvalue weighted by Crippen LogP contribution is -2.03. The molecule has 44 heavy (non-hydrogen) atoms. The fraction of sp³-hybridized carbons (Fsp3) is 0.235. The van der Waals surface area contributed by atoms with E-state index in [1.807, 2.05) is 24.3 Å². The summed E-state index contributed by atoms with van der Waals surface area (Å²) < 4.78 is 10.7. The summed E-state index contributed by atoms with van der Waals surface area (Å²) in [7, 11) is 0. The van der Waals surface area contributed by atoms with Gasteiger partial charge in [0.15, 0.2) is 0 Å². The van der Waals surface area contributed by atoms with E-state index in [-0.39, 0.29) is 11.9 Å². The molecular formula is C34H30O4S6. The van der Waals surface area contributed by atoms with Crippen LogP contribution in [0, 0.1) is 0 Å². The molecule has 0 saturated heterocycles. The summed E-state index contributed by atoms with van der Waals surface area (Å²) in [6.07, 6.45) is 3.79. The molecule has 6 aromatic heterocycles. The van der Waals surface area contributed by atoms with Gasteiger partial charge in [-0.3, -0.25) is 0 Å². The average Bonchev–Trinajstić information content (AvgIpc) is 3.87. The first-order valence-corrected chi connectivity index (χ1v) is 19.4. The maximum Gasteiger partial charge on any atom is 0.348 e. The molecule has 0 aliphatic rings. The molecule has 0 atom stereocenters. The number of esters is 2. The van der Waals surface area contributed by atoms with Crippen LogP contribution in [0.2, 0.25) is 0 Å². The van der Waals surface area contributed by atoms with Crippen LogP contribution in [-0.2, 0) is 9.47 Å². The highest BCUT2D eigenvalue weighted by atomic mass is 32.1. The molecule has 4 nitrogen and oxygen atoms in total. The molecule has 0 N–H and O–H groups in total. The zero-order valence-corrected chi connectivity index (χ0v) is 29.2. The van der Waals surface area contributed by atoms with Crippen LogP contribution in [0.3, 0.4) is 0 Å². The molecule has 0 fully saturated rings. The van der Waals surface area contributed by atoms with Crippen LogP contribution in [0.5, 0.6) is 0 Å². The number of ether oxygens (including phenoxy) is 2. The zero-order valence-electron chi connectivity index (χ0n) is 24.3. The maximum absolute atomic E-state index is 12.3. The molecular weight excluding hydrogens is 665 g/mol. The minimum absolute atomic E-state index is 0.233. The Labute approximate surface area is 281 Å². The third-order valence-electron chi connectivity index (χ3n) is 6.71. The number of hydrogen-bond acceptors (Lipinski definition) is 10. The molecule has 0 amide bonds. The second kappa shape index (κ2) is 14.5. The van der Waals surface area contributed by atoms with Gasteiger partial charge in [0, 0.05) is 48.8 Å². The average molecular weight is 695 g/mol. The summed E-state index contributed by atoms with van der Waals surface area (Å²) in [5.74, 6) is -0.465. The number of rotatable bonds is 13. The summed E-state index contributed by atoms with van der Waals surface area (Å²) in [5.41, 5.74) is 0. The Morgan fingerprint density at radius 1 is 0.432 bits per heavy atom. The first kappa shape index (κ1) is 31.1. The van der Waals surface area contributed by atoms with Crippen molar-refractivity contribution in [2.75, 3.05) is 13.2 Å². The van der Waals surface area contributed by atoms with Gasteiger partial charge in [0.25, 0.3) is 0 Å². The van der Waals surface area contributed by atoms with Gasteiger partial charge in [0.2, 0.25) is 0 Å². The van der Waals surface area contributed by atoms with E-state index in [9.17, 15) is 9.59 Å². The van der Waals surface area contributed by atoms with Gasteiger partial charge in [-0.05, 0) is 85.6 Å². The van der Waals surface area contributed by atoms with Crippen molar-refractivity contribution in [3.63, 3.8) is 0 Å². The van der Waals surface area contributed by atoms with Crippen LogP contribution >= 0.6 is 68.0 Å². The Kier molecular flexibility index (Phi) is 10.3. The van der Waals surface area contributed by atoms with Gasteiger partial charge in [0.1, 0.15) is 9.75 Å². The number of thiophene rings is 6. The maximum atomic E-state index is 12.3.